The number of nitrogens with one attached hydrogen (secondary N) is 2. The molecule has 0 aromatic heterocycles. The molecule has 2 aromatic carbocycles. The first-order chi connectivity index (χ1) is 13.4. The van der Waals surface area contributed by atoms with E-state index in [0.29, 0.717) is 36.8 Å². The van der Waals surface area contributed by atoms with Gasteiger partial charge in [-0.3, -0.25) is 14.4 Å². The molecule has 2 amide bonds. The van der Waals surface area contributed by atoms with Gasteiger partial charge in [-0.2, -0.15) is 5.26 Å². The number of carbonyl (C=O) groups excluding carboxylic acids is 3. The van der Waals surface area contributed by atoms with Crippen molar-refractivity contribution in [2.24, 2.45) is 0 Å². The zero-order chi connectivity index (χ0) is 20.3. The maximum Gasteiger partial charge on any atom is 0.224 e. The second-order valence-corrected chi connectivity index (χ2v) is 6.93. The number of aldehydes is 1. The molecule has 0 saturated heterocycles. The average molecular weight is 375 g/mol. The van der Waals surface area contributed by atoms with E-state index in [1.165, 1.54) is 0 Å². The van der Waals surface area contributed by atoms with Crippen LogP contribution >= 0.6 is 0 Å². The van der Waals surface area contributed by atoms with Gasteiger partial charge in [-0.1, -0.05) is 18.2 Å². The lowest BCUT2D eigenvalue weighted by molar-refractivity contribution is -0.117. The van der Waals surface area contributed by atoms with Crippen molar-refractivity contribution in [3.63, 3.8) is 0 Å². The van der Waals surface area contributed by atoms with Crippen LogP contribution in [0.4, 0.5) is 11.4 Å². The molecule has 0 atom stereocenters. The zero-order valence-corrected chi connectivity index (χ0v) is 15.9. The highest BCUT2D eigenvalue weighted by Crippen LogP contribution is 2.29. The van der Waals surface area contributed by atoms with Crippen molar-refractivity contribution in [2.75, 3.05) is 10.6 Å². The third-order valence-corrected chi connectivity index (χ3v) is 5.06. The Morgan fingerprint density at radius 2 is 1.39 bits per heavy atom. The summed E-state index contributed by atoms with van der Waals surface area (Å²) in [6.07, 6.45) is 3.13. The molecule has 0 bridgehead atoms. The molecule has 6 nitrogen and oxygen atoms in total. The van der Waals surface area contributed by atoms with Crippen molar-refractivity contribution < 1.29 is 14.4 Å². The maximum atomic E-state index is 11.2. The minimum Gasteiger partial charge on any atom is -0.326 e. The normalized spacial score (nSPS) is 14.3. The number of rotatable bonds is 1. The SMILES string of the molecule is Cc1ccc(C#N)c2c1NC(=O)CC2.Cc1ccc(C=O)c2c1NC(=O)CC2. The number of amides is 2. The first-order valence-electron chi connectivity index (χ1n) is 9.14. The highest BCUT2D eigenvalue weighted by Gasteiger charge is 2.20. The van der Waals surface area contributed by atoms with Gasteiger partial charge in [-0.05, 0) is 55.0 Å². The highest BCUT2D eigenvalue weighted by molar-refractivity contribution is 5.97. The summed E-state index contributed by atoms with van der Waals surface area (Å²) in [6.45, 7) is 3.87. The number of anilines is 2. The molecule has 0 saturated carbocycles. The van der Waals surface area contributed by atoms with Crippen molar-refractivity contribution in [1.29, 1.82) is 5.26 Å². The zero-order valence-electron chi connectivity index (χ0n) is 15.9. The van der Waals surface area contributed by atoms with Gasteiger partial charge < -0.3 is 10.6 Å². The van der Waals surface area contributed by atoms with Gasteiger partial charge in [0.2, 0.25) is 11.8 Å². The van der Waals surface area contributed by atoms with Crippen LogP contribution in [0.15, 0.2) is 24.3 Å². The van der Waals surface area contributed by atoms with Crippen LogP contribution in [0.3, 0.4) is 0 Å². The lowest BCUT2D eigenvalue weighted by Crippen LogP contribution is -2.21. The fraction of sp³-hybridized carbons (Fsp3) is 0.273. The van der Waals surface area contributed by atoms with E-state index >= 15 is 0 Å². The Morgan fingerprint density at radius 3 is 1.96 bits per heavy atom. The molecule has 6 heteroatoms. The highest BCUT2D eigenvalue weighted by atomic mass is 16.2. The maximum absolute atomic E-state index is 11.2. The van der Waals surface area contributed by atoms with Gasteiger partial charge in [0.05, 0.1) is 11.6 Å². The summed E-state index contributed by atoms with van der Waals surface area (Å²) in [7, 11) is 0. The number of fused-ring (bicyclic) bond motifs is 2. The first-order valence-corrected chi connectivity index (χ1v) is 9.14. The van der Waals surface area contributed by atoms with Crippen molar-refractivity contribution >= 4 is 29.5 Å². The van der Waals surface area contributed by atoms with Crippen LogP contribution in [0.5, 0.6) is 0 Å². The molecular weight excluding hydrogens is 354 g/mol. The van der Waals surface area contributed by atoms with E-state index in [-0.39, 0.29) is 11.8 Å². The molecule has 0 radical (unpaired) electrons. The second kappa shape index (κ2) is 8.05. The first kappa shape index (κ1) is 19.3. The van der Waals surface area contributed by atoms with Crippen LogP contribution in [0.2, 0.25) is 0 Å². The molecule has 0 unspecified atom stereocenters. The van der Waals surface area contributed by atoms with E-state index in [9.17, 15) is 14.4 Å². The quantitative estimate of drug-likeness (QED) is 0.746. The topological polar surface area (TPSA) is 99.1 Å². The van der Waals surface area contributed by atoms with Gasteiger partial charge in [-0.25, -0.2) is 0 Å². The predicted molar refractivity (Wildman–Crippen MR) is 106 cm³/mol. The lowest BCUT2D eigenvalue weighted by Gasteiger charge is -2.20. The van der Waals surface area contributed by atoms with Gasteiger partial charge in [0.25, 0.3) is 0 Å². The lowest BCUT2D eigenvalue weighted by atomic mass is 9.95. The summed E-state index contributed by atoms with van der Waals surface area (Å²) < 4.78 is 0. The number of nitrogens with zero attached hydrogens (tertiary/aromatic N) is 1. The Hall–Kier alpha value is -3.46. The fourth-order valence-corrected chi connectivity index (χ4v) is 3.52. The summed E-state index contributed by atoms with van der Waals surface area (Å²) in [5.41, 5.74) is 7.00. The van der Waals surface area contributed by atoms with Crippen LogP contribution in [0.25, 0.3) is 0 Å². The standard InChI is InChI=1S/C11H10N2O.C11H11NO2/c1-7-2-3-8(6-12)9-4-5-10(14)13-11(7)9;1-7-2-3-8(6-13)9-4-5-10(14)12-11(7)9/h2-3H,4-5H2,1H3,(H,13,14);2-3,6H,4-5H2,1H3,(H,12,14). The summed E-state index contributed by atoms with van der Waals surface area (Å²) in [6, 6.07) is 9.48. The third kappa shape index (κ3) is 3.79. The molecular formula is C22H21N3O3. The summed E-state index contributed by atoms with van der Waals surface area (Å²) >= 11 is 0. The second-order valence-electron chi connectivity index (χ2n) is 6.93. The molecule has 0 aliphatic carbocycles. The number of hydrogen-bond donors (Lipinski definition) is 2. The molecule has 28 heavy (non-hydrogen) atoms. The molecule has 2 heterocycles. The van der Waals surface area contributed by atoms with Crippen LogP contribution in [0.1, 0.15) is 51.0 Å². The summed E-state index contributed by atoms with van der Waals surface area (Å²) in [5, 5.41) is 14.5. The largest absolute Gasteiger partial charge is 0.326 e. The van der Waals surface area contributed by atoms with E-state index in [2.05, 4.69) is 16.7 Å². The smallest absolute Gasteiger partial charge is 0.224 e. The molecule has 2 aliphatic heterocycles. The van der Waals surface area contributed by atoms with Gasteiger partial charge >= 0.3 is 0 Å². The molecule has 142 valence electrons. The molecule has 2 aromatic rings. The Bertz CT molecular complexity index is 1020. The van der Waals surface area contributed by atoms with Crippen molar-refractivity contribution in [2.45, 2.75) is 39.5 Å². The average Bonchev–Trinajstić information content (AvgIpc) is 2.70. The number of benzene rings is 2. The Labute approximate surface area is 163 Å². The van der Waals surface area contributed by atoms with E-state index in [0.717, 1.165) is 39.9 Å². The minimum atomic E-state index is 0.0312. The van der Waals surface area contributed by atoms with Crippen molar-refractivity contribution in [3.8, 4) is 6.07 Å². The van der Waals surface area contributed by atoms with Gasteiger partial charge in [0.1, 0.15) is 6.29 Å². The minimum absolute atomic E-state index is 0.0312. The van der Waals surface area contributed by atoms with Crippen LogP contribution in [-0.4, -0.2) is 18.1 Å². The molecule has 0 spiro atoms. The van der Waals surface area contributed by atoms with Crippen LogP contribution in [-0.2, 0) is 22.4 Å². The predicted octanol–water partition coefficient (Wildman–Crippen LogP) is 3.44. The number of carbonyl (C=O) groups is 3. The molecule has 4 rings (SSSR count). The van der Waals surface area contributed by atoms with Gasteiger partial charge in [0, 0.05) is 29.8 Å². The fourth-order valence-electron chi connectivity index (χ4n) is 3.52. The van der Waals surface area contributed by atoms with Crippen molar-refractivity contribution in [1.82, 2.24) is 0 Å². The van der Waals surface area contributed by atoms with Gasteiger partial charge in [-0.15, -0.1) is 0 Å². The monoisotopic (exact) mass is 375 g/mol. The van der Waals surface area contributed by atoms with Crippen LogP contribution in [0, 0.1) is 25.2 Å². The number of nitriles is 1. The third-order valence-electron chi connectivity index (χ3n) is 5.06. The van der Waals surface area contributed by atoms with E-state index in [4.69, 9.17) is 5.26 Å². The molecule has 2 aliphatic rings. The molecule has 2 N–H and O–H groups in total. The van der Waals surface area contributed by atoms with E-state index in [1.807, 2.05) is 32.0 Å². The van der Waals surface area contributed by atoms with E-state index in [1.54, 1.807) is 6.07 Å². The Kier molecular flexibility index (Phi) is 5.55. The van der Waals surface area contributed by atoms with Gasteiger partial charge in [0.15, 0.2) is 0 Å². The Balaban J connectivity index is 0.000000161. The van der Waals surface area contributed by atoms with Crippen molar-refractivity contribution in [3.05, 3.63) is 57.6 Å². The van der Waals surface area contributed by atoms with Crippen LogP contribution < -0.4 is 10.6 Å². The molecule has 0 fully saturated rings. The number of aryl methyl sites for hydroxylation is 2. The summed E-state index contributed by atoms with van der Waals surface area (Å²) in [4.78, 5) is 33.1. The van der Waals surface area contributed by atoms with E-state index < -0.39 is 0 Å². The summed E-state index contributed by atoms with van der Waals surface area (Å²) in [5.74, 6) is 0.0688. The number of hydrogen-bond acceptors (Lipinski definition) is 4. The Morgan fingerprint density at radius 1 is 0.857 bits per heavy atom.